The minimum Gasteiger partial charge on any atom is -0.274 e. The number of para-hydroxylation sites is 1. The van der Waals surface area contributed by atoms with Gasteiger partial charge in [-0.3, -0.25) is 18.8 Å². The zero-order chi connectivity index (χ0) is 20.6. The second kappa shape index (κ2) is 7.39. The van der Waals surface area contributed by atoms with Gasteiger partial charge in [0, 0.05) is 12.6 Å². The lowest BCUT2D eigenvalue weighted by molar-refractivity contribution is 0.0651. The third-order valence-electron chi connectivity index (χ3n) is 5.07. The van der Waals surface area contributed by atoms with Crippen molar-refractivity contribution in [2.45, 2.75) is 33.2 Å². The number of anilines is 1. The Morgan fingerprint density at radius 1 is 0.929 bits per heavy atom. The molecule has 1 atom stereocenters. The lowest BCUT2D eigenvalue weighted by Gasteiger charge is -2.32. The van der Waals surface area contributed by atoms with Gasteiger partial charge in [0.05, 0.1) is 23.1 Å². The van der Waals surface area contributed by atoms with Crippen LogP contribution in [0.5, 0.6) is 0 Å². The van der Waals surface area contributed by atoms with E-state index >= 15 is 0 Å². The minimum atomic E-state index is -3.54. The molecule has 1 aliphatic rings. The smallest absolute Gasteiger partial charge is 0.261 e. The lowest BCUT2D eigenvalue weighted by atomic mass is 10.1. The Kier molecular flexibility index (Phi) is 5.30. The van der Waals surface area contributed by atoms with E-state index in [1.54, 1.807) is 31.2 Å². The zero-order valence-electron chi connectivity index (χ0n) is 16.5. The third-order valence-corrected chi connectivity index (χ3v) is 6.32. The molecule has 148 valence electrons. The normalized spacial score (nSPS) is 14.9. The highest BCUT2D eigenvalue weighted by Crippen LogP contribution is 2.30. The molecule has 0 aromatic heterocycles. The molecule has 0 spiro atoms. The largest absolute Gasteiger partial charge is 0.274 e. The zero-order valence-corrected chi connectivity index (χ0v) is 17.3. The lowest BCUT2D eigenvalue weighted by Crippen LogP contribution is -2.42. The van der Waals surface area contributed by atoms with Crippen LogP contribution in [0, 0.1) is 13.8 Å². The van der Waals surface area contributed by atoms with Gasteiger partial charge in [0.15, 0.2) is 0 Å². The van der Waals surface area contributed by atoms with Crippen molar-refractivity contribution >= 4 is 27.5 Å². The molecule has 3 rings (SSSR count). The summed E-state index contributed by atoms with van der Waals surface area (Å²) in [4.78, 5) is 26.3. The van der Waals surface area contributed by atoms with Crippen molar-refractivity contribution in [1.82, 2.24) is 4.90 Å². The minimum absolute atomic E-state index is 0.157. The quantitative estimate of drug-likeness (QED) is 0.698. The molecule has 2 amide bonds. The summed E-state index contributed by atoms with van der Waals surface area (Å²) in [6.07, 6.45) is 1.52. The van der Waals surface area contributed by atoms with Gasteiger partial charge in [-0.15, -0.1) is 0 Å². The maximum Gasteiger partial charge on any atom is 0.261 e. The molecule has 1 unspecified atom stereocenters. The summed E-state index contributed by atoms with van der Waals surface area (Å²) in [7, 11) is -3.54. The highest BCUT2D eigenvalue weighted by molar-refractivity contribution is 7.92. The van der Waals surface area contributed by atoms with Crippen LogP contribution in [0.25, 0.3) is 0 Å². The van der Waals surface area contributed by atoms with Crippen LogP contribution in [0.2, 0.25) is 0 Å². The molecule has 2 aromatic carbocycles. The molecule has 28 heavy (non-hydrogen) atoms. The van der Waals surface area contributed by atoms with Crippen LogP contribution in [0.15, 0.2) is 42.5 Å². The van der Waals surface area contributed by atoms with Crippen LogP contribution in [0.1, 0.15) is 45.2 Å². The van der Waals surface area contributed by atoms with Gasteiger partial charge in [-0.05, 0) is 50.5 Å². The van der Waals surface area contributed by atoms with E-state index in [2.05, 4.69) is 0 Å². The molecule has 0 saturated carbocycles. The number of carbonyl (C=O) groups excluding carboxylic acids is 2. The average Bonchev–Trinajstić information content (AvgIpc) is 2.86. The summed E-state index contributed by atoms with van der Waals surface area (Å²) in [5.41, 5.74) is 3.17. The summed E-state index contributed by atoms with van der Waals surface area (Å²) in [5.74, 6) is -0.656. The van der Waals surface area contributed by atoms with Gasteiger partial charge in [0.25, 0.3) is 11.8 Å². The fourth-order valence-corrected chi connectivity index (χ4v) is 5.12. The van der Waals surface area contributed by atoms with Crippen molar-refractivity contribution in [2.24, 2.45) is 0 Å². The van der Waals surface area contributed by atoms with Crippen LogP contribution in [-0.2, 0) is 10.0 Å². The first kappa shape index (κ1) is 20.1. The van der Waals surface area contributed by atoms with Gasteiger partial charge in [-0.25, -0.2) is 8.42 Å². The third kappa shape index (κ3) is 3.54. The van der Waals surface area contributed by atoms with E-state index in [9.17, 15) is 18.0 Å². The van der Waals surface area contributed by atoms with Crippen molar-refractivity contribution < 1.29 is 18.0 Å². The number of hydrogen-bond acceptors (Lipinski definition) is 4. The Morgan fingerprint density at radius 2 is 1.43 bits per heavy atom. The molecule has 0 fully saturated rings. The first-order valence-electron chi connectivity index (χ1n) is 9.13. The van der Waals surface area contributed by atoms with E-state index in [1.807, 2.05) is 32.0 Å². The van der Waals surface area contributed by atoms with Crippen LogP contribution in [0.4, 0.5) is 5.69 Å². The van der Waals surface area contributed by atoms with Crippen molar-refractivity contribution in [3.8, 4) is 0 Å². The van der Waals surface area contributed by atoms with Gasteiger partial charge in [0.1, 0.15) is 0 Å². The molecular weight excluding hydrogens is 376 g/mol. The van der Waals surface area contributed by atoms with E-state index in [1.165, 1.54) is 15.5 Å². The number of aryl methyl sites for hydroxylation is 2. The van der Waals surface area contributed by atoms with E-state index in [4.69, 9.17) is 0 Å². The number of imide groups is 1. The fraction of sp³-hybridized carbons (Fsp3) is 0.333. The van der Waals surface area contributed by atoms with E-state index < -0.39 is 16.1 Å². The predicted octanol–water partition coefficient (Wildman–Crippen LogP) is 3.14. The Bertz CT molecular complexity index is 991. The Morgan fingerprint density at radius 3 is 1.89 bits per heavy atom. The van der Waals surface area contributed by atoms with Crippen LogP contribution in [-0.4, -0.2) is 44.0 Å². The number of hydrogen-bond donors (Lipinski definition) is 0. The molecule has 0 bridgehead atoms. The molecular formula is C21H24N2O4S. The molecule has 0 radical (unpaired) electrons. The van der Waals surface area contributed by atoms with Crippen molar-refractivity contribution in [3.63, 3.8) is 0 Å². The van der Waals surface area contributed by atoms with E-state index in [0.29, 0.717) is 23.2 Å². The highest BCUT2D eigenvalue weighted by atomic mass is 32.2. The van der Waals surface area contributed by atoms with Crippen molar-refractivity contribution in [1.29, 1.82) is 0 Å². The molecule has 0 N–H and O–H groups in total. The fourth-order valence-electron chi connectivity index (χ4n) is 3.74. The van der Waals surface area contributed by atoms with Crippen LogP contribution >= 0.6 is 0 Å². The summed E-state index contributed by atoms with van der Waals surface area (Å²) >= 11 is 0. The van der Waals surface area contributed by atoms with Gasteiger partial charge in [-0.1, -0.05) is 30.3 Å². The number of sulfonamides is 1. The van der Waals surface area contributed by atoms with Crippen LogP contribution < -0.4 is 4.31 Å². The molecule has 1 aliphatic heterocycles. The van der Waals surface area contributed by atoms with Crippen LogP contribution in [0.3, 0.4) is 0 Å². The summed E-state index contributed by atoms with van der Waals surface area (Å²) < 4.78 is 26.5. The van der Waals surface area contributed by atoms with Crippen molar-refractivity contribution in [2.75, 3.05) is 17.1 Å². The number of amides is 2. The van der Waals surface area contributed by atoms with Gasteiger partial charge >= 0.3 is 0 Å². The standard InChI is InChI=1S/C21H24N2O4S/c1-14-8-7-9-15(2)19(14)23(28(4,26)27)16(3)12-13-22-20(24)17-10-5-6-11-18(17)21(22)25/h5-11,16H,12-13H2,1-4H3. The topological polar surface area (TPSA) is 74.8 Å². The number of fused-ring (bicyclic) bond motifs is 1. The highest BCUT2D eigenvalue weighted by Gasteiger charge is 2.36. The maximum atomic E-state index is 12.6. The molecule has 0 aliphatic carbocycles. The predicted molar refractivity (Wildman–Crippen MR) is 109 cm³/mol. The Balaban J connectivity index is 1.84. The summed E-state index contributed by atoms with van der Waals surface area (Å²) in [5, 5.41) is 0. The van der Waals surface area contributed by atoms with E-state index in [-0.39, 0.29) is 18.4 Å². The number of carbonyl (C=O) groups is 2. The van der Waals surface area contributed by atoms with Gasteiger partial charge in [0.2, 0.25) is 10.0 Å². The second-order valence-electron chi connectivity index (χ2n) is 7.24. The average molecular weight is 401 g/mol. The van der Waals surface area contributed by atoms with E-state index in [0.717, 1.165) is 11.1 Å². The maximum absolute atomic E-state index is 12.6. The van der Waals surface area contributed by atoms with Crippen molar-refractivity contribution in [3.05, 3.63) is 64.7 Å². The Hall–Kier alpha value is -2.67. The first-order valence-corrected chi connectivity index (χ1v) is 11.0. The second-order valence-corrected chi connectivity index (χ2v) is 9.10. The number of benzene rings is 2. The summed E-state index contributed by atoms with van der Waals surface area (Å²) in [6.45, 7) is 5.70. The molecule has 1 heterocycles. The molecule has 7 heteroatoms. The first-order chi connectivity index (χ1) is 13.1. The molecule has 0 saturated heterocycles. The number of rotatable bonds is 6. The van der Waals surface area contributed by atoms with Gasteiger partial charge in [-0.2, -0.15) is 0 Å². The number of nitrogens with zero attached hydrogens (tertiary/aromatic N) is 2. The molecule has 6 nitrogen and oxygen atoms in total. The molecule has 2 aromatic rings. The van der Waals surface area contributed by atoms with Gasteiger partial charge < -0.3 is 0 Å². The SMILES string of the molecule is Cc1cccc(C)c1N(C(C)CCN1C(=O)c2ccccc2C1=O)S(C)(=O)=O. The monoisotopic (exact) mass is 400 g/mol. The summed E-state index contributed by atoms with van der Waals surface area (Å²) in [6, 6.07) is 11.9. The Labute approximate surface area is 165 Å².